The van der Waals surface area contributed by atoms with Crippen LogP contribution >= 0.6 is 0 Å². The minimum absolute atomic E-state index is 0.0916. The van der Waals surface area contributed by atoms with Gasteiger partial charge in [0.15, 0.2) is 0 Å². The predicted octanol–water partition coefficient (Wildman–Crippen LogP) is 2.80. The molecule has 0 aliphatic carbocycles. The minimum atomic E-state index is 0.0916. The Morgan fingerprint density at radius 3 is 0.615 bits per heavy atom. The van der Waals surface area contributed by atoms with E-state index in [4.69, 9.17) is 0 Å². The van der Waals surface area contributed by atoms with Gasteiger partial charge in [0.2, 0.25) is 0 Å². The zero-order valence-electron chi connectivity index (χ0n) is 29.6. The largest absolute Gasteiger partial charge is 0.340 e. The van der Waals surface area contributed by atoms with Crippen LogP contribution in [0.4, 0.5) is 22.7 Å². The van der Waals surface area contributed by atoms with Gasteiger partial charge in [0.25, 0.3) is 0 Å². The third-order valence-corrected chi connectivity index (χ3v) is 11.4. The minimum Gasteiger partial charge on any atom is -0.340 e. The molecule has 5 aliphatic rings. The third kappa shape index (κ3) is 6.84. The number of hydrogen-bond acceptors (Lipinski definition) is 12. The molecular weight excluding hydrogens is 649 g/mol. The first-order valence-corrected chi connectivity index (χ1v) is 19.0. The molecule has 0 radical (unpaired) electrons. The lowest BCUT2D eigenvalue weighted by molar-refractivity contribution is 0.188. The Bertz CT molecular complexity index is 1410. The highest BCUT2D eigenvalue weighted by atomic mass is 15.5. The number of hydrogen-bond donors (Lipinski definition) is 8. The first-order valence-electron chi connectivity index (χ1n) is 19.0. The highest BCUT2D eigenvalue weighted by molar-refractivity contribution is 5.54. The molecule has 5 saturated heterocycles. The summed E-state index contributed by atoms with van der Waals surface area (Å²) in [6.45, 7) is 2.81. The van der Waals surface area contributed by atoms with E-state index in [2.05, 4.69) is 183 Å². The van der Waals surface area contributed by atoms with Crippen molar-refractivity contribution >= 4 is 22.7 Å². The number of benzene rings is 4. The molecule has 4 aromatic carbocycles. The maximum Gasteiger partial charge on any atom is 0.0854 e. The maximum atomic E-state index is 3.89. The lowest BCUT2D eigenvalue weighted by atomic mass is 10.0. The SMILES string of the molecule is c1ccc(N2C3CC(NCN3)N(c3ccccc3)C3CC(NCN3)N(c3ccccc3)C3CC(NCN3)N(c3ccccc3)C3CC2NCN3)cc1. The van der Waals surface area contributed by atoms with E-state index in [-0.39, 0.29) is 49.3 Å². The smallest absolute Gasteiger partial charge is 0.0854 e. The Hall–Kier alpha value is -4.24. The number of nitrogens with one attached hydrogen (secondary N) is 8. The number of rotatable bonds is 4. The lowest BCUT2D eigenvalue weighted by Gasteiger charge is -2.54. The topological polar surface area (TPSA) is 109 Å². The van der Waals surface area contributed by atoms with Crippen molar-refractivity contribution in [1.82, 2.24) is 42.5 Å². The molecule has 0 amide bonds. The molecule has 272 valence electrons. The highest BCUT2D eigenvalue weighted by Gasteiger charge is 2.43. The van der Waals surface area contributed by atoms with Crippen molar-refractivity contribution in [2.45, 2.75) is 75.0 Å². The van der Waals surface area contributed by atoms with Crippen LogP contribution in [-0.2, 0) is 0 Å². The van der Waals surface area contributed by atoms with Crippen LogP contribution in [0.15, 0.2) is 121 Å². The van der Waals surface area contributed by atoms with Crippen molar-refractivity contribution in [2.75, 3.05) is 46.3 Å². The molecule has 5 fully saturated rings. The van der Waals surface area contributed by atoms with Gasteiger partial charge in [-0.05, 0) is 48.5 Å². The van der Waals surface area contributed by atoms with Gasteiger partial charge in [-0.25, -0.2) is 0 Å². The van der Waals surface area contributed by atoms with Crippen LogP contribution in [0.3, 0.4) is 0 Å². The molecule has 12 nitrogen and oxygen atoms in total. The second-order valence-corrected chi connectivity index (χ2v) is 14.4. The Kier molecular flexibility index (Phi) is 9.94. The van der Waals surface area contributed by atoms with Gasteiger partial charge < -0.3 is 19.6 Å². The standard InChI is InChI=1S/C40H52N12/c1-5-13-29(14-6-1)49-33-21-35(43-25-41-33)50(30-15-7-2-8-16-30)37-23-39(47-27-45-37)52(32-19-11-4-12-20-32)40-24-38(46-28-48-40)51(31-17-9-3-10-18-31)36-22-34(49)42-26-44-36/h1-20,33-48H,21-28H2. The summed E-state index contributed by atoms with van der Waals surface area (Å²) >= 11 is 0. The van der Waals surface area contributed by atoms with Crippen molar-refractivity contribution in [3.8, 4) is 0 Å². The Morgan fingerprint density at radius 1 is 0.269 bits per heavy atom. The fourth-order valence-corrected chi connectivity index (χ4v) is 9.09. The van der Waals surface area contributed by atoms with Gasteiger partial charge in [-0.15, -0.1) is 0 Å². The third-order valence-electron chi connectivity index (χ3n) is 11.4. The van der Waals surface area contributed by atoms with Gasteiger partial charge in [0, 0.05) is 75.1 Å². The normalized spacial score (nSPS) is 31.2. The van der Waals surface area contributed by atoms with E-state index in [0.717, 1.165) is 25.7 Å². The monoisotopic (exact) mass is 700 g/mol. The van der Waals surface area contributed by atoms with Gasteiger partial charge in [-0.2, -0.15) is 0 Å². The van der Waals surface area contributed by atoms with Gasteiger partial charge in [0.1, 0.15) is 0 Å². The average Bonchev–Trinajstić information content (AvgIpc) is 3.21. The van der Waals surface area contributed by atoms with Crippen LogP contribution in [-0.4, -0.2) is 76.0 Å². The lowest BCUT2D eigenvalue weighted by Crippen LogP contribution is -2.74. The molecule has 4 aromatic rings. The Morgan fingerprint density at radius 2 is 0.442 bits per heavy atom. The van der Waals surface area contributed by atoms with Crippen molar-refractivity contribution < 1.29 is 0 Å². The van der Waals surface area contributed by atoms with Gasteiger partial charge in [-0.3, -0.25) is 42.5 Å². The molecule has 8 unspecified atom stereocenters. The number of nitrogens with zero attached hydrogens (tertiary/aromatic N) is 4. The zero-order chi connectivity index (χ0) is 34.7. The molecule has 9 rings (SSSR count). The highest BCUT2D eigenvalue weighted by Crippen LogP contribution is 2.33. The molecule has 8 N–H and O–H groups in total. The molecule has 52 heavy (non-hydrogen) atoms. The summed E-state index contributed by atoms with van der Waals surface area (Å²) in [5.41, 5.74) is 4.87. The number of para-hydroxylation sites is 4. The van der Waals surface area contributed by atoms with Crippen LogP contribution in [0.5, 0.6) is 0 Å². The molecular formula is C40H52N12. The predicted molar refractivity (Wildman–Crippen MR) is 209 cm³/mol. The summed E-state index contributed by atoms with van der Waals surface area (Å²) in [5.74, 6) is 0. The zero-order valence-corrected chi connectivity index (χ0v) is 29.6. The van der Waals surface area contributed by atoms with Crippen molar-refractivity contribution in [2.24, 2.45) is 0 Å². The summed E-state index contributed by atoms with van der Waals surface area (Å²) < 4.78 is 0. The Balaban J connectivity index is 1.17. The fraction of sp³-hybridized carbons (Fsp3) is 0.400. The van der Waals surface area contributed by atoms with E-state index >= 15 is 0 Å². The molecule has 8 bridgehead atoms. The molecule has 0 spiro atoms. The van der Waals surface area contributed by atoms with E-state index in [9.17, 15) is 0 Å². The molecule has 0 saturated carbocycles. The molecule has 12 heteroatoms. The summed E-state index contributed by atoms with van der Waals surface area (Å²) in [6.07, 6.45) is 4.27. The number of fused-ring (bicyclic) bond motifs is 8. The summed E-state index contributed by atoms with van der Waals surface area (Å²) in [7, 11) is 0. The van der Waals surface area contributed by atoms with E-state index in [1.165, 1.54) is 22.7 Å². The van der Waals surface area contributed by atoms with E-state index in [0.29, 0.717) is 26.7 Å². The van der Waals surface area contributed by atoms with E-state index in [1.54, 1.807) is 0 Å². The van der Waals surface area contributed by atoms with Crippen molar-refractivity contribution in [1.29, 1.82) is 0 Å². The van der Waals surface area contributed by atoms with Crippen molar-refractivity contribution in [3.63, 3.8) is 0 Å². The molecule has 0 aromatic heterocycles. The van der Waals surface area contributed by atoms with Crippen molar-refractivity contribution in [3.05, 3.63) is 121 Å². The first-order chi connectivity index (χ1) is 25.8. The molecule has 5 aliphatic heterocycles. The van der Waals surface area contributed by atoms with E-state index in [1.807, 2.05) is 0 Å². The number of anilines is 4. The summed E-state index contributed by atoms with van der Waals surface area (Å²) in [4.78, 5) is 10.4. The van der Waals surface area contributed by atoms with Crippen LogP contribution in [0.2, 0.25) is 0 Å². The van der Waals surface area contributed by atoms with Gasteiger partial charge in [-0.1, -0.05) is 72.8 Å². The second kappa shape index (κ2) is 15.4. The summed E-state index contributed by atoms with van der Waals surface area (Å²) in [5, 5.41) is 31.1. The van der Waals surface area contributed by atoms with Crippen LogP contribution in [0, 0.1) is 0 Å². The fourth-order valence-electron chi connectivity index (χ4n) is 9.09. The average molecular weight is 701 g/mol. The molecule has 5 heterocycles. The second-order valence-electron chi connectivity index (χ2n) is 14.4. The summed E-state index contributed by atoms with van der Waals surface area (Å²) in [6, 6.07) is 43.8. The molecule has 8 atom stereocenters. The quantitative estimate of drug-likeness (QED) is 0.161. The van der Waals surface area contributed by atoms with E-state index < -0.39 is 0 Å². The first kappa shape index (κ1) is 33.6. The van der Waals surface area contributed by atoms with Crippen LogP contribution in [0.25, 0.3) is 0 Å². The van der Waals surface area contributed by atoms with Gasteiger partial charge >= 0.3 is 0 Å². The maximum absolute atomic E-state index is 3.89. The Labute approximate surface area is 307 Å². The van der Waals surface area contributed by atoms with Crippen LogP contribution < -0.4 is 62.1 Å². The van der Waals surface area contributed by atoms with Crippen LogP contribution in [0.1, 0.15) is 25.7 Å². The van der Waals surface area contributed by atoms with Gasteiger partial charge in [0.05, 0.1) is 49.3 Å².